The molecule has 1 aromatic rings. The van der Waals surface area contributed by atoms with Gasteiger partial charge >= 0.3 is 5.97 Å². The van der Waals surface area contributed by atoms with Crippen molar-refractivity contribution in [3.8, 4) is 5.75 Å². The Morgan fingerprint density at radius 1 is 1.45 bits per heavy atom. The zero-order chi connectivity index (χ0) is 15.1. The number of aromatic carboxylic acids is 1. The number of aryl methyl sites for hydroxylation is 1. The second kappa shape index (κ2) is 7.44. The summed E-state index contributed by atoms with van der Waals surface area (Å²) in [6, 6.07) is 2.96. The lowest BCUT2D eigenvalue weighted by Crippen LogP contribution is -2.38. The molecule has 0 radical (unpaired) electrons. The number of hydrogen-bond acceptors (Lipinski definition) is 5. The Kier molecular flexibility index (Phi) is 5.92. The summed E-state index contributed by atoms with van der Waals surface area (Å²) in [7, 11) is 1.54. The SMILES string of the molecule is COCC(C)NC(=O)COc1ccc(C)nc1C(=O)O. The first-order valence-electron chi connectivity index (χ1n) is 6.06. The summed E-state index contributed by atoms with van der Waals surface area (Å²) in [5, 5.41) is 11.7. The van der Waals surface area contributed by atoms with Crippen LogP contribution in [-0.2, 0) is 9.53 Å². The lowest BCUT2D eigenvalue weighted by Gasteiger charge is -2.13. The van der Waals surface area contributed by atoms with Crippen LogP contribution in [0.1, 0.15) is 23.1 Å². The minimum Gasteiger partial charge on any atom is -0.481 e. The zero-order valence-corrected chi connectivity index (χ0v) is 11.7. The number of nitrogens with zero attached hydrogens (tertiary/aromatic N) is 1. The number of carboxylic acids is 1. The highest BCUT2D eigenvalue weighted by Crippen LogP contribution is 2.16. The van der Waals surface area contributed by atoms with Gasteiger partial charge in [-0.25, -0.2) is 9.78 Å². The Labute approximate surface area is 116 Å². The third-order valence-electron chi connectivity index (χ3n) is 2.38. The summed E-state index contributed by atoms with van der Waals surface area (Å²) in [5.74, 6) is -1.49. The van der Waals surface area contributed by atoms with Gasteiger partial charge in [-0.15, -0.1) is 0 Å². The molecule has 1 aromatic heterocycles. The van der Waals surface area contributed by atoms with E-state index in [9.17, 15) is 9.59 Å². The molecule has 1 rings (SSSR count). The van der Waals surface area contributed by atoms with Crippen molar-refractivity contribution in [1.82, 2.24) is 10.3 Å². The first kappa shape index (κ1) is 15.9. The van der Waals surface area contributed by atoms with Gasteiger partial charge in [0.05, 0.1) is 6.61 Å². The summed E-state index contributed by atoms with van der Waals surface area (Å²) in [4.78, 5) is 26.5. The van der Waals surface area contributed by atoms with Crippen LogP contribution in [0.2, 0.25) is 0 Å². The molecule has 0 saturated carbocycles. The minimum atomic E-state index is -1.20. The number of methoxy groups -OCH3 is 1. The number of hydrogen-bond donors (Lipinski definition) is 2. The van der Waals surface area contributed by atoms with Gasteiger partial charge in [0.1, 0.15) is 0 Å². The van der Waals surface area contributed by atoms with Crippen molar-refractivity contribution in [2.24, 2.45) is 0 Å². The standard InChI is InChI=1S/C13H18N2O5/c1-8-4-5-10(12(15-8)13(17)18)20-7-11(16)14-9(2)6-19-3/h4-5,9H,6-7H2,1-3H3,(H,14,16)(H,17,18). The summed E-state index contributed by atoms with van der Waals surface area (Å²) in [6.45, 7) is 3.57. The van der Waals surface area contributed by atoms with Crippen molar-refractivity contribution >= 4 is 11.9 Å². The van der Waals surface area contributed by atoms with E-state index >= 15 is 0 Å². The monoisotopic (exact) mass is 282 g/mol. The van der Waals surface area contributed by atoms with Crippen LogP contribution in [0.5, 0.6) is 5.75 Å². The van der Waals surface area contributed by atoms with E-state index in [0.29, 0.717) is 12.3 Å². The molecule has 1 heterocycles. The van der Waals surface area contributed by atoms with Crippen LogP contribution in [0.3, 0.4) is 0 Å². The predicted molar refractivity (Wildman–Crippen MR) is 70.9 cm³/mol. The molecule has 20 heavy (non-hydrogen) atoms. The van der Waals surface area contributed by atoms with E-state index in [1.54, 1.807) is 19.9 Å². The number of aromatic nitrogens is 1. The number of amides is 1. The Bertz CT molecular complexity index is 490. The fourth-order valence-electron chi connectivity index (χ4n) is 1.57. The Balaban J connectivity index is 2.61. The molecular formula is C13H18N2O5. The van der Waals surface area contributed by atoms with Gasteiger partial charge in [0, 0.05) is 18.8 Å². The molecule has 1 unspecified atom stereocenters. The lowest BCUT2D eigenvalue weighted by atomic mass is 10.3. The van der Waals surface area contributed by atoms with Crippen molar-refractivity contribution in [2.75, 3.05) is 20.3 Å². The van der Waals surface area contributed by atoms with Crippen molar-refractivity contribution in [3.05, 3.63) is 23.5 Å². The maximum atomic E-state index is 11.6. The quantitative estimate of drug-likeness (QED) is 0.760. The number of nitrogens with one attached hydrogen (secondary N) is 1. The molecule has 1 amide bonds. The number of carbonyl (C=O) groups excluding carboxylic acids is 1. The molecule has 0 aromatic carbocycles. The number of pyridine rings is 1. The Morgan fingerprint density at radius 2 is 2.15 bits per heavy atom. The molecule has 0 aliphatic carbocycles. The van der Waals surface area contributed by atoms with Crippen molar-refractivity contribution in [3.63, 3.8) is 0 Å². The molecular weight excluding hydrogens is 264 g/mol. The summed E-state index contributed by atoms with van der Waals surface area (Å²) in [6.07, 6.45) is 0. The van der Waals surface area contributed by atoms with E-state index in [0.717, 1.165) is 0 Å². The van der Waals surface area contributed by atoms with Gasteiger partial charge in [-0.2, -0.15) is 0 Å². The third kappa shape index (κ3) is 4.85. The van der Waals surface area contributed by atoms with Crippen molar-refractivity contribution in [2.45, 2.75) is 19.9 Å². The zero-order valence-electron chi connectivity index (χ0n) is 11.7. The molecule has 7 heteroatoms. The maximum Gasteiger partial charge on any atom is 0.358 e. The molecule has 0 fully saturated rings. The van der Waals surface area contributed by atoms with Crippen LogP contribution in [0.4, 0.5) is 0 Å². The van der Waals surface area contributed by atoms with Crippen molar-refractivity contribution < 1.29 is 24.2 Å². The smallest absolute Gasteiger partial charge is 0.358 e. The molecule has 110 valence electrons. The van der Waals surface area contributed by atoms with Gasteiger partial charge < -0.3 is 19.9 Å². The highest BCUT2D eigenvalue weighted by Gasteiger charge is 2.15. The maximum absolute atomic E-state index is 11.6. The topological polar surface area (TPSA) is 97.8 Å². The van der Waals surface area contributed by atoms with Crippen LogP contribution in [0.15, 0.2) is 12.1 Å². The molecule has 0 bridgehead atoms. The van der Waals surface area contributed by atoms with Gasteiger partial charge in [-0.3, -0.25) is 4.79 Å². The summed E-state index contributed by atoms with van der Waals surface area (Å²) in [5.41, 5.74) is 0.357. The molecule has 0 aliphatic rings. The highest BCUT2D eigenvalue weighted by molar-refractivity contribution is 5.88. The second-order valence-corrected chi connectivity index (χ2v) is 4.32. The summed E-state index contributed by atoms with van der Waals surface area (Å²) >= 11 is 0. The van der Waals surface area contributed by atoms with E-state index in [4.69, 9.17) is 14.6 Å². The van der Waals surface area contributed by atoms with Crippen LogP contribution < -0.4 is 10.1 Å². The normalized spacial score (nSPS) is 11.8. The van der Waals surface area contributed by atoms with Crippen LogP contribution in [0, 0.1) is 6.92 Å². The van der Waals surface area contributed by atoms with E-state index < -0.39 is 5.97 Å². The fraction of sp³-hybridized carbons (Fsp3) is 0.462. The van der Waals surface area contributed by atoms with Gasteiger partial charge in [0.15, 0.2) is 18.1 Å². The van der Waals surface area contributed by atoms with Gasteiger partial charge in [0.25, 0.3) is 5.91 Å². The number of carbonyl (C=O) groups is 2. The highest BCUT2D eigenvalue weighted by atomic mass is 16.5. The van der Waals surface area contributed by atoms with Gasteiger partial charge in [-0.05, 0) is 26.0 Å². The molecule has 7 nitrogen and oxygen atoms in total. The first-order valence-corrected chi connectivity index (χ1v) is 6.06. The second-order valence-electron chi connectivity index (χ2n) is 4.32. The molecule has 2 N–H and O–H groups in total. The Morgan fingerprint density at radius 3 is 2.75 bits per heavy atom. The fourth-order valence-corrected chi connectivity index (χ4v) is 1.57. The van der Waals surface area contributed by atoms with Crippen molar-refractivity contribution in [1.29, 1.82) is 0 Å². The van der Waals surface area contributed by atoms with E-state index in [1.165, 1.54) is 13.2 Å². The largest absolute Gasteiger partial charge is 0.481 e. The average molecular weight is 282 g/mol. The minimum absolute atomic E-state index is 0.0673. The molecule has 0 saturated heterocycles. The molecule has 1 atom stereocenters. The number of ether oxygens (including phenoxy) is 2. The predicted octanol–water partition coefficient (Wildman–Crippen LogP) is 0.618. The summed E-state index contributed by atoms with van der Waals surface area (Å²) < 4.78 is 10.1. The van der Waals surface area contributed by atoms with E-state index in [1.807, 2.05) is 0 Å². The molecule has 0 spiro atoms. The van der Waals surface area contributed by atoms with Crippen LogP contribution in [-0.4, -0.2) is 48.3 Å². The van der Waals surface area contributed by atoms with E-state index in [-0.39, 0.29) is 30.0 Å². The Hall–Kier alpha value is -2.15. The van der Waals surface area contributed by atoms with Gasteiger partial charge in [0.2, 0.25) is 0 Å². The average Bonchev–Trinajstić information content (AvgIpc) is 2.37. The number of carboxylic acid groups (broad SMARTS) is 1. The first-order chi connectivity index (χ1) is 9.43. The lowest BCUT2D eigenvalue weighted by molar-refractivity contribution is -0.124. The van der Waals surface area contributed by atoms with Crippen LogP contribution >= 0.6 is 0 Å². The van der Waals surface area contributed by atoms with E-state index in [2.05, 4.69) is 10.3 Å². The van der Waals surface area contributed by atoms with Crippen LogP contribution in [0.25, 0.3) is 0 Å². The number of rotatable bonds is 7. The third-order valence-corrected chi connectivity index (χ3v) is 2.38. The molecule has 0 aliphatic heterocycles. The van der Waals surface area contributed by atoms with Gasteiger partial charge in [-0.1, -0.05) is 0 Å².